The number of urea groups is 1. The first-order valence-corrected chi connectivity index (χ1v) is 9.40. The van der Waals surface area contributed by atoms with E-state index in [0.29, 0.717) is 22.6 Å². The maximum absolute atomic E-state index is 12.7. The average molecular weight is 385 g/mol. The average Bonchev–Trinajstić information content (AvgIpc) is 2.86. The van der Waals surface area contributed by atoms with Crippen LogP contribution >= 0.6 is 0 Å². The molecule has 0 unspecified atom stereocenters. The fraction of sp³-hybridized carbons (Fsp3) is 0.450. The number of Topliss-reactive ketones (excluding diaryl/α,β-unsaturated/α-hetero) is 1. The Morgan fingerprint density at radius 3 is 2.43 bits per heavy atom. The summed E-state index contributed by atoms with van der Waals surface area (Å²) in [5.74, 6) is -2.62. The maximum Gasteiger partial charge on any atom is 0.334 e. The third kappa shape index (κ3) is 3.67. The lowest BCUT2D eigenvalue weighted by molar-refractivity contribution is -0.145. The predicted molar refractivity (Wildman–Crippen MR) is 100 cm³/mol. The van der Waals surface area contributed by atoms with Gasteiger partial charge in [-0.2, -0.15) is 0 Å². The van der Waals surface area contributed by atoms with Crippen LogP contribution in [0.4, 0.5) is 10.5 Å². The van der Waals surface area contributed by atoms with Gasteiger partial charge in [0.15, 0.2) is 5.78 Å². The van der Waals surface area contributed by atoms with Gasteiger partial charge in [0, 0.05) is 11.6 Å². The van der Waals surface area contributed by atoms with E-state index in [1.165, 1.54) is 6.92 Å². The Morgan fingerprint density at radius 2 is 1.75 bits per heavy atom. The summed E-state index contributed by atoms with van der Waals surface area (Å²) in [6.07, 6.45) is 3.47. The van der Waals surface area contributed by atoms with Crippen LogP contribution in [-0.4, -0.2) is 51.9 Å². The number of hydrogen-bond acceptors (Lipinski definition) is 5. The molecule has 0 radical (unpaired) electrons. The fourth-order valence-corrected chi connectivity index (χ4v) is 3.87. The number of nitrogens with zero attached hydrogens (tertiary/aromatic N) is 2. The van der Waals surface area contributed by atoms with E-state index in [9.17, 15) is 24.0 Å². The van der Waals surface area contributed by atoms with Gasteiger partial charge in [-0.05, 0) is 37.8 Å². The van der Waals surface area contributed by atoms with Gasteiger partial charge in [-0.1, -0.05) is 31.9 Å². The molecule has 0 bridgehead atoms. The Hall–Kier alpha value is -3.03. The highest BCUT2D eigenvalue weighted by atomic mass is 16.2. The molecule has 2 atom stereocenters. The molecule has 1 N–H and O–H groups in total. The van der Waals surface area contributed by atoms with E-state index in [2.05, 4.69) is 5.32 Å². The molecule has 0 spiro atoms. The van der Waals surface area contributed by atoms with Crippen LogP contribution in [-0.2, 0) is 14.4 Å². The van der Waals surface area contributed by atoms with E-state index in [-0.39, 0.29) is 17.7 Å². The lowest BCUT2D eigenvalue weighted by Gasteiger charge is -2.34. The first-order valence-electron chi connectivity index (χ1n) is 9.40. The van der Waals surface area contributed by atoms with Crippen molar-refractivity contribution < 1.29 is 24.0 Å². The number of amides is 5. The van der Waals surface area contributed by atoms with Crippen molar-refractivity contribution in [3.63, 3.8) is 0 Å². The zero-order valence-corrected chi connectivity index (χ0v) is 15.9. The quantitative estimate of drug-likeness (QED) is 0.475. The summed E-state index contributed by atoms with van der Waals surface area (Å²) < 4.78 is 0. The van der Waals surface area contributed by atoms with Crippen molar-refractivity contribution in [1.82, 2.24) is 9.80 Å². The Labute approximate surface area is 162 Å². The van der Waals surface area contributed by atoms with Crippen molar-refractivity contribution in [3.05, 3.63) is 29.8 Å². The minimum Gasteiger partial charge on any atom is -0.324 e. The number of anilines is 1. The molecule has 8 heteroatoms. The molecule has 0 aromatic heterocycles. The van der Waals surface area contributed by atoms with Gasteiger partial charge in [0.2, 0.25) is 5.91 Å². The van der Waals surface area contributed by atoms with Crippen molar-refractivity contribution in [3.8, 4) is 0 Å². The standard InChI is InChI=1S/C20H23N3O5/c1-12-7-3-6-10-16(12)23-19(27)18(26)22(20(23)28)11-17(25)21-15-9-5-4-8-14(15)13(2)24/h4-5,8-9,12,16H,3,6-7,10-11H2,1-2H3,(H,21,25)/t12-,16+/m0/s1. The summed E-state index contributed by atoms with van der Waals surface area (Å²) >= 11 is 0. The number of para-hydroxylation sites is 1. The molecular weight excluding hydrogens is 362 g/mol. The number of imide groups is 2. The second-order valence-electron chi connectivity index (χ2n) is 7.33. The normalized spacial score (nSPS) is 22.6. The minimum atomic E-state index is -0.988. The first-order chi connectivity index (χ1) is 13.3. The van der Waals surface area contributed by atoms with Gasteiger partial charge in [-0.3, -0.25) is 24.1 Å². The van der Waals surface area contributed by atoms with E-state index >= 15 is 0 Å². The fourth-order valence-electron chi connectivity index (χ4n) is 3.87. The van der Waals surface area contributed by atoms with E-state index in [1.807, 2.05) is 6.92 Å². The highest BCUT2D eigenvalue weighted by Gasteiger charge is 2.49. The van der Waals surface area contributed by atoms with Gasteiger partial charge in [0.1, 0.15) is 6.54 Å². The Balaban J connectivity index is 1.73. The van der Waals surface area contributed by atoms with Crippen molar-refractivity contribution >= 4 is 35.2 Å². The van der Waals surface area contributed by atoms with Crippen molar-refractivity contribution in [2.45, 2.75) is 45.6 Å². The van der Waals surface area contributed by atoms with Crippen LogP contribution in [0.25, 0.3) is 0 Å². The molecule has 1 saturated heterocycles. The van der Waals surface area contributed by atoms with Crippen LogP contribution in [0.3, 0.4) is 0 Å². The number of rotatable bonds is 5. The van der Waals surface area contributed by atoms with E-state index in [1.54, 1.807) is 24.3 Å². The number of carbonyl (C=O) groups is 5. The van der Waals surface area contributed by atoms with Crippen LogP contribution in [0, 0.1) is 5.92 Å². The van der Waals surface area contributed by atoms with Gasteiger partial charge in [0.05, 0.1) is 5.69 Å². The van der Waals surface area contributed by atoms with Gasteiger partial charge in [0.25, 0.3) is 0 Å². The molecular formula is C20H23N3O5. The molecule has 5 amide bonds. The number of ketones is 1. The Kier molecular flexibility index (Phi) is 5.58. The molecule has 1 aromatic rings. The lowest BCUT2D eigenvalue weighted by Crippen LogP contribution is -2.46. The summed E-state index contributed by atoms with van der Waals surface area (Å²) in [5.41, 5.74) is 0.617. The van der Waals surface area contributed by atoms with Crippen LogP contribution in [0.2, 0.25) is 0 Å². The highest BCUT2D eigenvalue weighted by Crippen LogP contribution is 2.31. The third-order valence-electron chi connectivity index (χ3n) is 5.36. The summed E-state index contributed by atoms with van der Waals surface area (Å²) in [4.78, 5) is 63.2. The second kappa shape index (κ2) is 7.92. The van der Waals surface area contributed by atoms with Crippen molar-refractivity contribution in [2.24, 2.45) is 5.92 Å². The summed E-state index contributed by atoms with van der Waals surface area (Å²) in [6, 6.07) is 5.39. The molecule has 2 aliphatic rings. The van der Waals surface area contributed by atoms with Crippen LogP contribution < -0.4 is 5.32 Å². The molecule has 1 saturated carbocycles. The molecule has 1 heterocycles. The topological polar surface area (TPSA) is 104 Å². The van der Waals surface area contributed by atoms with Crippen LogP contribution in [0.15, 0.2) is 24.3 Å². The summed E-state index contributed by atoms with van der Waals surface area (Å²) in [7, 11) is 0. The molecule has 1 aliphatic heterocycles. The molecule has 28 heavy (non-hydrogen) atoms. The van der Waals surface area contributed by atoms with Crippen LogP contribution in [0.1, 0.15) is 49.9 Å². The molecule has 3 rings (SSSR count). The van der Waals surface area contributed by atoms with E-state index < -0.39 is 30.3 Å². The highest BCUT2D eigenvalue weighted by molar-refractivity contribution is 6.45. The number of nitrogens with one attached hydrogen (secondary N) is 1. The second-order valence-corrected chi connectivity index (χ2v) is 7.33. The molecule has 8 nitrogen and oxygen atoms in total. The van der Waals surface area contributed by atoms with Gasteiger partial charge < -0.3 is 5.32 Å². The largest absolute Gasteiger partial charge is 0.334 e. The predicted octanol–water partition coefficient (Wildman–Crippen LogP) is 2.20. The van der Waals surface area contributed by atoms with Crippen molar-refractivity contribution in [2.75, 3.05) is 11.9 Å². The number of carbonyl (C=O) groups excluding carboxylic acids is 5. The molecule has 2 fully saturated rings. The zero-order valence-electron chi connectivity index (χ0n) is 15.9. The maximum atomic E-state index is 12.7. The molecule has 148 valence electrons. The smallest absolute Gasteiger partial charge is 0.324 e. The molecule has 1 aliphatic carbocycles. The Morgan fingerprint density at radius 1 is 1.07 bits per heavy atom. The summed E-state index contributed by atoms with van der Waals surface area (Å²) in [5, 5.41) is 2.54. The lowest BCUT2D eigenvalue weighted by atomic mass is 9.85. The van der Waals surface area contributed by atoms with E-state index in [0.717, 1.165) is 24.2 Å². The van der Waals surface area contributed by atoms with Gasteiger partial charge >= 0.3 is 17.8 Å². The van der Waals surface area contributed by atoms with Crippen LogP contribution in [0.5, 0.6) is 0 Å². The summed E-state index contributed by atoms with van der Waals surface area (Å²) in [6.45, 7) is 2.76. The first kappa shape index (κ1) is 19.7. The number of benzene rings is 1. The Bertz CT molecular complexity index is 850. The molecule has 1 aromatic carbocycles. The zero-order chi connectivity index (χ0) is 20.4. The minimum absolute atomic E-state index is 0.116. The van der Waals surface area contributed by atoms with Gasteiger partial charge in [-0.15, -0.1) is 0 Å². The monoisotopic (exact) mass is 385 g/mol. The van der Waals surface area contributed by atoms with Crippen molar-refractivity contribution in [1.29, 1.82) is 0 Å². The van der Waals surface area contributed by atoms with E-state index in [4.69, 9.17) is 0 Å². The SMILES string of the molecule is CC(=O)c1ccccc1NC(=O)CN1C(=O)C(=O)N([C@@H]2CCCC[C@@H]2C)C1=O. The third-order valence-corrected chi connectivity index (χ3v) is 5.36. The number of hydrogen-bond donors (Lipinski definition) is 1. The van der Waals surface area contributed by atoms with Gasteiger partial charge in [-0.25, -0.2) is 9.69 Å².